The molecule has 3 aromatic rings. The summed E-state index contributed by atoms with van der Waals surface area (Å²) in [4.78, 5) is 12.0. The first-order valence-electron chi connectivity index (χ1n) is 12.4. The number of hydrogen-bond donors (Lipinski definition) is 1. The van der Waals surface area contributed by atoms with Crippen LogP contribution in [0.3, 0.4) is 0 Å². The van der Waals surface area contributed by atoms with Crippen molar-refractivity contribution in [1.29, 1.82) is 0 Å². The minimum atomic E-state index is -3.52. The predicted molar refractivity (Wildman–Crippen MR) is 151 cm³/mol. The van der Waals surface area contributed by atoms with E-state index >= 15 is 0 Å². The molecule has 3 rings (SSSR count). The summed E-state index contributed by atoms with van der Waals surface area (Å²) in [6.45, 7) is 5.90. The van der Waals surface area contributed by atoms with Gasteiger partial charge in [-0.05, 0) is 43.0 Å². The van der Waals surface area contributed by atoms with Crippen LogP contribution in [0, 0.1) is 0 Å². The molecule has 9 heteroatoms. The Morgan fingerprint density at radius 1 is 0.842 bits per heavy atom. The molecule has 0 spiro atoms. The minimum absolute atomic E-state index is 0.0243. The third-order valence-corrected chi connectivity index (χ3v) is 9.11. The highest BCUT2D eigenvalue weighted by Crippen LogP contribution is 2.53. The molecule has 0 aliphatic heterocycles. The molecule has 0 heterocycles. The fourth-order valence-electron chi connectivity index (χ4n) is 3.49. The maximum atomic E-state index is 13.8. The third kappa shape index (κ3) is 9.61. The van der Waals surface area contributed by atoms with Crippen molar-refractivity contribution < 1.29 is 27.4 Å². The Labute approximate surface area is 228 Å². The summed E-state index contributed by atoms with van der Waals surface area (Å²) in [5, 5.41) is 0. The summed E-state index contributed by atoms with van der Waals surface area (Å²) in [6.07, 6.45) is 0.104. The Kier molecular flexibility index (Phi) is 11.0. The molecule has 0 saturated carbocycles. The SMILES string of the molecule is COC(=O)C[C@H](NS(=O)C(C)(C)C)c1ccc(CP(=O)(OCc2ccccc2)OCc2ccccc2)cc1. The van der Waals surface area contributed by atoms with Crippen molar-refractivity contribution in [1.82, 2.24) is 4.72 Å². The normalized spacial score (nSPS) is 13.6. The number of esters is 1. The van der Waals surface area contributed by atoms with E-state index in [0.29, 0.717) is 0 Å². The molecular formula is C29H36NO6PS. The Morgan fingerprint density at radius 3 is 1.79 bits per heavy atom. The lowest BCUT2D eigenvalue weighted by atomic mass is 10.0. The number of methoxy groups -OCH3 is 1. The third-order valence-electron chi connectivity index (χ3n) is 5.70. The number of rotatable bonds is 13. The second-order valence-corrected chi connectivity index (χ2v) is 13.9. The molecule has 0 aromatic heterocycles. The quantitative estimate of drug-likeness (QED) is 0.191. The molecule has 2 atom stereocenters. The summed E-state index contributed by atoms with van der Waals surface area (Å²) in [5.74, 6) is -0.411. The van der Waals surface area contributed by atoms with Crippen LogP contribution in [0.2, 0.25) is 0 Å². The number of hydrogen-bond acceptors (Lipinski definition) is 6. The van der Waals surface area contributed by atoms with Gasteiger partial charge in [0, 0.05) is 0 Å². The first-order chi connectivity index (χ1) is 18.1. The zero-order chi connectivity index (χ0) is 27.6. The molecule has 3 aromatic carbocycles. The number of carbonyl (C=O) groups is 1. The number of benzene rings is 3. The minimum Gasteiger partial charge on any atom is -0.469 e. The van der Waals surface area contributed by atoms with Gasteiger partial charge in [0.2, 0.25) is 0 Å². The lowest BCUT2D eigenvalue weighted by Gasteiger charge is -2.24. The van der Waals surface area contributed by atoms with E-state index in [1.807, 2.05) is 106 Å². The van der Waals surface area contributed by atoms with Crippen molar-refractivity contribution in [3.8, 4) is 0 Å². The van der Waals surface area contributed by atoms with Gasteiger partial charge < -0.3 is 13.8 Å². The van der Waals surface area contributed by atoms with Gasteiger partial charge in [0.25, 0.3) is 0 Å². The van der Waals surface area contributed by atoms with Gasteiger partial charge in [0.15, 0.2) is 0 Å². The van der Waals surface area contributed by atoms with E-state index in [4.69, 9.17) is 13.8 Å². The average molecular weight is 558 g/mol. The lowest BCUT2D eigenvalue weighted by Crippen LogP contribution is -2.36. The van der Waals surface area contributed by atoms with E-state index in [1.54, 1.807) is 0 Å². The number of carbonyl (C=O) groups excluding carboxylic acids is 1. The summed E-state index contributed by atoms with van der Waals surface area (Å²) < 4.78 is 45.7. The molecule has 0 amide bonds. The smallest absolute Gasteiger partial charge is 0.335 e. The molecule has 1 unspecified atom stereocenters. The van der Waals surface area contributed by atoms with Crippen LogP contribution in [-0.2, 0) is 53.5 Å². The van der Waals surface area contributed by atoms with Gasteiger partial charge in [-0.2, -0.15) is 0 Å². The molecule has 0 bridgehead atoms. The topological polar surface area (TPSA) is 90.9 Å². The Morgan fingerprint density at radius 2 is 1.34 bits per heavy atom. The van der Waals surface area contributed by atoms with Gasteiger partial charge in [-0.1, -0.05) is 84.9 Å². The van der Waals surface area contributed by atoms with E-state index in [2.05, 4.69) is 4.72 Å². The van der Waals surface area contributed by atoms with Gasteiger partial charge in [-0.25, -0.2) is 8.93 Å². The largest absolute Gasteiger partial charge is 0.469 e. The zero-order valence-electron chi connectivity index (χ0n) is 22.3. The Hall–Kier alpha value is -2.61. The van der Waals surface area contributed by atoms with Gasteiger partial charge in [0.1, 0.15) is 0 Å². The van der Waals surface area contributed by atoms with Crippen molar-refractivity contribution in [2.45, 2.75) is 57.4 Å². The molecule has 0 saturated heterocycles. The Balaban J connectivity index is 1.77. The molecule has 0 aliphatic carbocycles. The highest BCUT2D eigenvalue weighted by molar-refractivity contribution is 7.84. The van der Waals surface area contributed by atoms with Gasteiger partial charge in [0.05, 0.1) is 54.7 Å². The van der Waals surface area contributed by atoms with Crippen LogP contribution in [0.5, 0.6) is 0 Å². The van der Waals surface area contributed by atoms with Gasteiger partial charge in [-0.15, -0.1) is 0 Å². The van der Waals surface area contributed by atoms with E-state index < -0.39 is 35.3 Å². The fourth-order valence-corrected chi connectivity index (χ4v) is 5.92. The maximum absolute atomic E-state index is 13.8. The van der Waals surface area contributed by atoms with Crippen LogP contribution in [0.1, 0.15) is 55.5 Å². The van der Waals surface area contributed by atoms with Crippen LogP contribution >= 0.6 is 7.60 Å². The first-order valence-corrected chi connectivity index (χ1v) is 15.3. The number of ether oxygens (including phenoxy) is 1. The van der Waals surface area contributed by atoms with Gasteiger partial charge >= 0.3 is 13.6 Å². The van der Waals surface area contributed by atoms with Crippen molar-refractivity contribution in [2.24, 2.45) is 0 Å². The van der Waals surface area contributed by atoms with Crippen molar-refractivity contribution in [2.75, 3.05) is 7.11 Å². The standard InChI is InChI=1S/C29H36NO6PS/c1-29(2,3)38(33)30-27(19-28(31)34-4)26-17-15-25(16-18-26)22-37(32,35-20-23-11-7-5-8-12-23)36-21-24-13-9-6-10-14-24/h5-18,27,30H,19-22H2,1-4H3/t27-,38?/m0/s1. The zero-order valence-corrected chi connectivity index (χ0v) is 24.0. The maximum Gasteiger partial charge on any atom is 0.335 e. The molecule has 7 nitrogen and oxygen atoms in total. The lowest BCUT2D eigenvalue weighted by molar-refractivity contribution is -0.141. The molecular weight excluding hydrogens is 521 g/mol. The van der Waals surface area contributed by atoms with Crippen LogP contribution in [0.15, 0.2) is 84.9 Å². The highest BCUT2D eigenvalue weighted by atomic mass is 32.2. The van der Waals surface area contributed by atoms with Crippen molar-refractivity contribution in [3.05, 3.63) is 107 Å². The van der Waals surface area contributed by atoms with E-state index in [9.17, 15) is 13.6 Å². The molecule has 0 fully saturated rings. The van der Waals surface area contributed by atoms with Crippen LogP contribution in [-0.4, -0.2) is 22.0 Å². The predicted octanol–water partition coefficient (Wildman–Crippen LogP) is 6.47. The Bertz CT molecular complexity index is 1180. The summed E-state index contributed by atoms with van der Waals surface area (Å²) in [5.41, 5.74) is 3.32. The first kappa shape index (κ1) is 29.9. The molecule has 204 valence electrons. The molecule has 0 aliphatic rings. The highest BCUT2D eigenvalue weighted by Gasteiger charge is 2.28. The van der Waals surface area contributed by atoms with Crippen LogP contribution in [0.25, 0.3) is 0 Å². The molecule has 1 N–H and O–H groups in total. The van der Waals surface area contributed by atoms with Crippen LogP contribution in [0.4, 0.5) is 0 Å². The number of nitrogens with one attached hydrogen (secondary N) is 1. The van der Waals surface area contributed by atoms with Crippen LogP contribution < -0.4 is 4.72 Å². The van der Waals surface area contributed by atoms with E-state index in [-0.39, 0.29) is 25.8 Å². The summed E-state index contributed by atoms with van der Waals surface area (Å²) in [6, 6.07) is 25.9. The van der Waals surface area contributed by atoms with Crippen molar-refractivity contribution in [3.63, 3.8) is 0 Å². The van der Waals surface area contributed by atoms with Crippen molar-refractivity contribution >= 4 is 24.6 Å². The summed E-state index contributed by atoms with van der Waals surface area (Å²) >= 11 is 0. The van der Waals surface area contributed by atoms with Gasteiger partial charge in [-0.3, -0.25) is 9.36 Å². The second kappa shape index (κ2) is 14.0. The average Bonchev–Trinajstić information content (AvgIpc) is 2.91. The molecule has 0 radical (unpaired) electrons. The molecule has 38 heavy (non-hydrogen) atoms. The monoisotopic (exact) mass is 557 g/mol. The van der Waals surface area contributed by atoms with E-state index in [0.717, 1.165) is 22.3 Å². The second-order valence-electron chi connectivity index (χ2n) is 9.86. The summed E-state index contributed by atoms with van der Waals surface area (Å²) in [7, 11) is -3.59. The fraction of sp³-hybridized carbons (Fsp3) is 0.345. The van der Waals surface area contributed by atoms with E-state index in [1.165, 1.54) is 7.11 Å².